The third-order valence-corrected chi connectivity index (χ3v) is 6.06. The predicted molar refractivity (Wildman–Crippen MR) is 123 cm³/mol. The number of amides is 2. The van der Waals surface area contributed by atoms with Crippen molar-refractivity contribution in [1.82, 2.24) is 10.6 Å². The Morgan fingerprint density at radius 2 is 1.61 bits per heavy atom. The third kappa shape index (κ3) is 5.90. The summed E-state index contributed by atoms with van der Waals surface area (Å²) in [6.07, 6.45) is -0.154. The molecule has 1 aliphatic carbocycles. The first-order chi connectivity index (χ1) is 15.9. The number of alkyl carbamates (subject to hydrolysis) is 1. The number of carbonyl (C=O) groups is 3. The molecule has 3 rings (SSSR count). The van der Waals surface area contributed by atoms with E-state index in [1.807, 2.05) is 24.3 Å². The SMILES string of the molecule is CCC(C)(CNC(=O)COCCNC(=O)OCC1c2ccccc2-c2ccccc21)C(=O)O. The van der Waals surface area contributed by atoms with E-state index < -0.39 is 23.4 Å². The number of hydrogen-bond donors (Lipinski definition) is 3. The van der Waals surface area contributed by atoms with E-state index in [1.165, 1.54) is 0 Å². The minimum absolute atomic E-state index is 0.0114. The van der Waals surface area contributed by atoms with Gasteiger partial charge in [-0.2, -0.15) is 0 Å². The molecule has 1 atom stereocenters. The summed E-state index contributed by atoms with van der Waals surface area (Å²) < 4.78 is 10.7. The van der Waals surface area contributed by atoms with Gasteiger partial charge < -0.3 is 25.2 Å². The first-order valence-electron chi connectivity index (χ1n) is 11.0. The molecule has 2 amide bonds. The van der Waals surface area contributed by atoms with Gasteiger partial charge in [-0.05, 0) is 35.6 Å². The Hall–Kier alpha value is -3.39. The number of benzene rings is 2. The lowest BCUT2D eigenvalue weighted by atomic mass is 9.88. The zero-order valence-electron chi connectivity index (χ0n) is 18.9. The van der Waals surface area contributed by atoms with E-state index in [0.29, 0.717) is 6.42 Å². The van der Waals surface area contributed by atoms with Crippen molar-refractivity contribution in [3.05, 3.63) is 59.7 Å². The van der Waals surface area contributed by atoms with Crippen LogP contribution in [0.5, 0.6) is 0 Å². The van der Waals surface area contributed by atoms with Crippen LogP contribution in [-0.4, -0.2) is 56.0 Å². The van der Waals surface area contributed by atoms with Crippen LogP contribution in [0.15, 0.2) is 48.5 Å². The molecular formula is C25H30N2O6. The standard InChI is InChI=1S/C25H30N2O6/c1-3-25(2,23(29)30)16-27-22(28)15-32-13-12-26-24(31)33-14-21-19-10-6-4-8-17(19)18-9-5-7-11-20(18)21/h4-11,21H,3,12-16H2,1-2H3,(H,26,31)(H,27,28)(H,29,30). The maximum Gasteiger partial charge on any atom is 0.407 e. The van der Waals surface area contributed by atoms with Crippen LogP contribution >= 0.6 is 0 Å². The van der Waals surface area contributed by atoms with Crippen LogP contribution in [0.3, 0.4) is 0 Å². The number of nitrogens with one attached hydrogen (secondary N) is 2. The molecule has 0 fully saturated rings. The Morgan fingerprint density at radius 3 is 2.18 bits per heavy atom. The summed E-state index contributed by atoms with van der Waals surface area (Å²) in [5.41, 5.74) is 3.60. The molecule has 8 nitrogen and oxygen atoms in total. The normalized spacial score (nSPS) is 14.0. The van der Waals surface area contributed by atoms with Crippen LogP contribution in [0.4, 0.5) is 4.79 Å². The number of carboxylic acid groups (broad SMARTS) is 1. The van der Waals surface area contributed by atoms with Crippen molar-refractivity contribution in [1.29, 1.82) is 0 Å². The first kappa shape index (κ1) is 24.3. The molecule has 1 aliphatic rings. The second kappa shape index (κ2) is 11.0. The molecule has 0 radical (unpaired) electrons. The van der Waals surface area contributed by atoms with Gasteiger partial charge in [0.05, 0.1) is 12.0 Å². The summed E-state index contributed by atoms with van der Waals surface area (Å²) in [5.74, 6) is -1.38. The van der Waals surface area contributed by atoms with Crippen molar-refractivity contribution in [3.63, 3.8) is 0 Å². The summed E-state index contributed by atoms with van der Waals surface area (Å²) in [6, 6.07) is 16.2. The van der Waals surface area contributed by atoms with Crippen molar-refractivity contribution < 1.29 is 29.0 Å². The van der Waals surface area contributed by atoms with Gasteiger partial charge in [0.25, 0.3) is 0 Å². The Bertz CT molecular complexity index is 962. The number of carbonyl (C=O) groups excluding carboxylic acids is 2. The van der Waals surface area contributed by atoms with Crippen LogP contribution in [0.25, 0.3) is 11.1 Å². The van der Waals surface area contributed by atoms with Crippen LogP contribution in [-0.2, 0) is 19.1 Å². The zero-order chi connectivity index (χ0) is 23.8. The van der Waals surface area contributed by atoms with E-state index in [1.54, 1.807) is 13.8 Å². The Kier molecular flexibility index (Phi) is 8.06. The number of ether oxygens (including phenoxy) is 2. The molecule has 33 heavy (non-hydrogen) atoms. The third-order valence-electron chi connectivity index (χ3n) is 6.06. The number of aliphatic carboxylic acids is 1. The van der Waals surface area contributed by atoms with Crippen molar-refractivity contribution in [2.75, 3.05) is 32.9 Å². The molecule has 0 bridgehead atoms. The minimum Gasteiger partial charge on any atom is -0.481 e. The van der Waals surface area contributed by atoms with Gasteiger partial charge in [0.15, 0.2) is 0 Å². The average molecular weight is 455 g/mol. The second-order valence-corrected chi connectivity index (χ2v) is 8.30. The number of carboxylic acids is 1. The Labute approximate surface area is 193 Å². The van der Waals surface area contributed by atoms with Gasteiger partial charge in [0.2, 0.25) is 5.91 Å². The van der Waals surface area contributed by atoms with E-state index >= 15 is 0 Å². The van der Waals surface area contributed by atoms with Crippen molar-refractivity contribution in [3.8, 4) is 11.1 Å². The smallest absolute Gasteiger partial charge is 0.407 e. The molecule has 0 saturated heterocycles. The topological polar surface area (TPSA) is 114 Å². The molecule has 0 spiro atoms. The molecule has 1 unspecified atom stereocenters. The number of rotatable bonds is 11. The maximum absolute atomic E-state index is 12.1. The molecular weight excluding hydrogens is 424 g/mol. The lowest BCUT2D eigenvalue weighted by Gasteiger charge is -2.23. The van der Waals surface area contributed by atoms with E-state index in [4.69, 9.17) is 9.47 Å². The molecule has 2 aromatic rings. The predicted octanol–water partition coefficient (Wildman–Crippen LogP) is 3.16. The fraction of sp³-hybridized carbons (Fsp3) is 0.400. The van der Waals surface area contributed by atoms with Gasteiger partial charge >= 0.3 is 12.1 Å². The minimum atomic E-state index is -1.01. The van der Waals surface area contributed by atoms with Gasteiger partial charge in [0, 0.05) is 19.0 Å². The van der Waals surface area contributed by atoms with Crippen LogP contribution in [0, 0.1) is 5.41 Å². The van der Waals surface area contributed by atoms with Gasteiger partial charge in [-0.25, -0.2) is 4.79 Å². The van der Waals surface area contributed by atoms with Crippen LogP contribution < -0.4 is 10.6 Å². The largest absolute Gasteiger partial charge is 0.481 e. The summed E-state index contributed by atoms with van der Waals surface area (Å²) in [5, 5.41) is 14.4. The van der Waals surface area contributed by atoms with Crippen molar-refractivity contribution >= 4 is 18.0 Å². The fourth-order valence-corrected chi connectivity index (χ4v) is 3.74. The van der Waals surface area contributed by atoms with E-state index in [0.717, 1.165) is 22.3 Å². The molecule has 0 saturated carbocycles. The molecule has 0 aromatic heterocycles. The number of hydrogen-bond acceptors (Lipinski definition) is 5. The highest BCUT2D eigenvalue weighted by Crippen LogP contribution is 2.44. The molecule has 176 valence electrons. The summed E-state index contributed by atoms with van der Waals surface area (Å²) in [7, 11) is 0. The first-order valence-corrected chi connectivity index (χ1v) is 11.0. The Balaban J connectivity index is 1.36. The van der Waals surface area contributed by atoms with Crippen LogP contribution in [0.2, 0.25) is 0 Å². The van der Waals surface area contributed by atoms with E-state index in [9.17, 15) is 19.5 Å². The van der Waals surface area contributed by atoms with E-state index in [-0.39, 0.29) is 38.8 Å². The highest BCUT2D eigenvalue weighted by atomic mass is 16.5. The lowest BCUT2D eigenvalue weighted by Crippen LogP contribution is -2.42. The second-order valence-electron chi connectivity index (χ2n) is 8.30. The van der Waals surface area contributed by atoms with Gasteiger partial charge in [0.1, 0.15) is 13.2 Å². The molecule has 2 aromatic carbocycles. The highest BCUT2D eigenvalue weighted by Gasteiger charge is 2.31. The molecule has 0 aliphatic heterocycles. The summed E-state index contributed by atoms with van der Waals surface area (Å²) in [6.45, 7) is 3.68. The maximum atomic E-state index is 12.1. The van der Waals surface area contributed by atoms with Gasteiger partial charge in [-0.1, -0.05) is 55.5 Å². The molecule has 8 heteroatoms. The Morgan fingerprint density at radius 1 is 1.00 bits per heavy atom. The average Bonchev–Trinajstić information content (AvgIpc) is 3.14. The summed E-state index contributed by atoms with van der Waals surface area (Å²) in [4.78, 5) is 35.2. The quantitative estimate of drug-likeness (QED) is 0.450. The molecule has 3 N–H and O–H groups in total. The van der Waals surface area contributed by atoms with E-state index in [2.05, 4.69) is 34.9 Å². The zero-order valence-corrected chi connectivity index (χ0v) is 18.9. The van der Waals surface area contributed by atoms with Gasteiger partial charge in [-0.3, -0.25) is 9.59 Å². The van der Waals surface area contributed by atoms with Crippen LogP contribution in [0.1, 0.15) is 37.3 Å². The van der Waals surface area contributed by atoms with Gasteiger partial charge in [-0.15, -0.1) is 0 Å². The fourth-order valence-electron chi connectivity index (χ4n) is 3.74. The summed E-state index contributed by atoms with van der Waals surface area (Å²) >= 11 is 0. The van der Waals surface area contributed by atoms with Crippen molar-refractivity contribution in [2.24, 2.45) is 5.41 Å². The van der Waals surface area contributed by atoms with Crippen molar-refractivity contribution in [2.45, 2.75) is 26.2 Å². The number of fused-ring (bicyclic) bond motifs is 3. The highest BCUT2D eigenvalue weighted by molar-refractivity contribution is 5.80. The lowest BCUT2D eigenvalue weighted by molar-refractivity contribution is -0.148. The monoisotopic (exact) mass is 454 g/mol. The molecule has 0 heterocycles.